The third-order valence-electron chi connectivity index (χ3n) is 3.33. The van der Waals surface area contributed by atoms with Crippen molar-refractivity contribution in [3.8, 4) is 5.75 Å². The number of rotatable bonds is 6. The van der Waals surface area contributed by atoms with Crippen molar-refractivity contribution >= 4 is 17.2 Å². The Morgan fingerprint density at radius 2 is 1.90 bits per heavy atom. The molecule has 0 saturated heterocycles. The number of nitrogens with two attached hydrogens (primary N) is 1. The number of anilines is 2. The van der Waals surface area contributed by atoms with Crippen LogP contribution in [0.3, 0.4) is 0 Å². The van der Waals surface area contributed by atoms with Crippen LogP contribution in [0.15, 0.2) is 42.5 Å². The number of Topliss-reactive ketones (excluding diaryl/α,β-unsaturated/α-hetero) is 1. The first kappa shape index (κ1) is 14.9. The van der Waals surface area contributed by atoms with Crippen molar-refractivity contribution in [3.63, 3.8) is 0 Å². The van der Waals surface area contributed by atoms with Crippen LogP contribution in [0.4, 0.5) is 11.4 Å². The van der Waals surface area contributed by atoms with Gasteiger partial charge in [-0.1, -0.05) is 12.1 Å². The van der Waals surface area contributed by atoms with Crippen LogP contribution in [0.1, 0.15) is 22.8 Å². The largest absolute Gasteiger partial charge is 0.497 e. The molecule has 0 spiro atoms. The van der Waals surface area contributed by atoms with E-state index >= 15 is 0 Å². The van der Waals surface area contributed by atoms with E-state index < -0.39 is 0 Å². The van der Waals surface area contributed by atoms with Crippen LogP contribution in [0.25, 0.3) is 0 Å². The second-order valence-electron chi connectivity index (χ2n) is 4.88. The molecule has 0 aliphatic rings. The Kier molecular flexibility index (Phi) is 4.82. The van der Waals surface area contributed by atoms with Crippen molar-refractivity contribution in [1.82, 2.24) is 0 Å². The molecular formula is C17H20N2O2. The summed E-state index contributed by atoms with van der Waals surface area (Å²) < 4.78 is 5.13. The molecule has 0 atom stereocenters. The van der Waals surface area contributed by atoms with Crippen LogP contribution in [0, 0.1) is 0 Å². The quantitative estimate of drug-likeness (QED) is 0.632. The molecule has 0 aliphatic carbocycles. The molecule has 0 saturated carbocycles. The molecular weight excluding hydrogens is 264 g/mol. The van der Waals surface area contributed by atoms with Crippen molar-refractivity contribution in [2.24, 2.45) is 0 Å². The molecule has 2 aromatic carbocycles. The fourth-order valence-electron chi connectivity index (χ4n) is 2.11. The van der Waals surface area contributed by atoms with Crippen LogP contribution >= 0.6 is 0 Å². The summed E-state index contributed by atoms with van der Waals surface area (Å²) in [6.07, 6.45) is 0.893. The van der Waals surface area contributed by atoms with Crippen molar-refractivity contribution in [3.05, 3.63) is 53.6 Å². The molecule has 0 aromatic heterocycles. The lowest BCUT2D eigenvalue weighted by molar-refractivity contribution is 0.101. The van der Waals surface area contributed by atoms with E-state index in [0.29, 0.717) is 11.3 Å². The van der Waals surface area contributed by atoms with Crippen LogP contribution in [0.2, 0.25) is 0 Å². The van der Waals surface area contributed by atoms with Crippen LogP contribution in [0.5, 0.6) is 5.75 Å². The second-order valence-corrected chi connectivity index (χ2v) is 4.88. The van der Waals surface area contributed by atoms with Crippen molar-refractivity contribution in [2.45, 2.75) is 13.3 Å². The Labute approximate surface area is 124 Å². The molecule has 21 heavy (non-hydrogen) atoms. The topological polar surface area (TPSA) is 64.3 Å². The molecule has 110 valence electrons. The number of ether oxygens (including phenoxy) is 1. The molecule has 2 rings (SSSR count). The van der Waals surface area contributed by atoms with Gasteiger partial charge in [0.05, 0.1) is 7.11 Å². The van der Waals surface area contributed by atoms with Gasteiger partial charge in [0.25, 0.3) is 0 Å². The lowest BCUT2D eigenvalue weighted by Crippen LogP contribution is -2.07. The number of nitrogen functional groups attached to an aromatic ring is 1. The van der Waals surface area contributed by atoms with Gasteiger partial charge in [-0.3, -0.25) is 4.79 Å². The van der Waals surface area contributed by atoms with Gasteiger partial charge in [0.1, 0.15) is 5.75 Å². The van der Waals surface area contributed by atoms with Gasteiger partial charge in [-0.25, -0.2) is 0 Å². The summed E-state index contributed by atoms with van der Waals surface area (Å²) in [5, 5.41) is 3.31. The molecule has 0 fully saturated rings. The SMILES string of the molecule is COc1ccc(CCNc2ccc(N)c(C(C)=O)c2)cc1. The van der Waals surface area contributed by atoms with Crippen LogP contribution < -0.4 is 15.8 Å². The summed E-state index contributed by atoms with van der Waals surface area (Å²) in [5.41, 5.74) is 8.99. The van der Waals surface area contributed by atoms with E-state index in [4.69, 9.17) is 10.5 Å². The van der Waals surface area contributed by atoms with Crippen molar-refractivity contribution < 1.29 is 9.53 Å². The summed E-state index contributed by atoms with van der Waals surface area (Å²) in [4.78, 5) is 11.5. The maximum Gasteiger partial charge on any atom is 0.161 e. The van der Waals surface area contributed by atoms with Crippen LogP contribution in [-0.4, -0.2) is 19.4 Å². The fourth-order valence-corrected chi connectivity index (χ4v) is 2.11. The standard InChI is InChI=1S/C17H20N2O2/c1-12(20)16-11-14(5-8-17(16)18)19-10-9-13-3-6-15(21-2)7-4-13/h3-8,11,19H,9-10,18H2,1-2H3. The first-order chi connectivity index (χ1) is 10.1. The highest BCUT2D eigenvalue weighted by Gasteiger charge is 2.05. The number of ketones is 1. The Balaban J connectivity index is 1.93. The molecule has 3 N–H and O–H groups in total. The Bertz CT molecular complexity index is 621. The first-order valence-electron chi connectivity index (χ1n) is 6.87. The fraction of sp³-hybridized carbons (Fsp3) is 0.235. The van der Waals surface area contributed by atoms with E-state index in [0.717, 1.165) is 24.4 Å². The molecule has 0 unspecified atom stereocenters. The lowest BCUT2D eigenvalue weighted by Gasteiger charge is -2.09. The van der Waals surface area contributed by atoms with Gasteiger partial charge in [-0.15, -0.1) is 0 Å². The van der Waals surface area contributed by atoms with Gasteiger partial charge in [0.15, 0.2) is 5.78 Å². The monoisotopic (exact) mass is 284 g/mol. The number of hydrogen-bond donors (Lipinski definition) is 2. The summed E-state index contributed by atoms with van der Waals surface area (Å²) in [7, 11) is 1.66. The number of carbonyl (C=O) groups excluding carboxylic acids is 1. The Morgan fingerprint density at radius 3 is 2.52 bits per heavy atom. The van der Waals surface area contributed by atoms with Gasteiger partial charge in [0, 0.05) is 23.5 Å². The molecule has 0 radical (unpaired) electrons. The molecule has 0 bridgehead atoms. The zero-order valence-electron chi connectivity index (χ0n) is 12.3. The number of methoxy groups -OCH3 is 1. The van der Waals surface area contributed by atoms with E-state index in [1.54, 1.807) is 19.2 Å². The molecule has 0 amide bonds. The molecule has 0 aliphatic heterocycles. The predicted molar refractivity (Wildman–Crippen MR) is 86.0 cm³/mol. The van der Waals surface area contributed by atoms with Gasteiger partial charge >= 0.3 is 0 Å². The van der Waals surface area contributed by atoms with Crippen LogP contribution in [-0.2, 0) is 6.42 Å². The highest BCUT2D eigenvalue weighted by atomic mass is 16.5. The number of hydrogen-bond acceptors (Lipinski definition) is 4. The lowest BCUT2D eigenvalue weighted by atomic mass is 10.1. The van der Waals surface area contributed by atoms with E-state index in [9.17, 15) is 4.79 Å². The van der Waals surface area contributed by atoms with E-state index in [1.807, 2.05) is 30.3 Å². The average Bonchev–Trinajstić information content (AvgIpc) is 2.49. The molecule has 4 heteroatoms. The van der Waals surface area contributed by atoms with Crippen molar-refractivity contribution in [2.75, 3.05) is 24.7 Å². The highest BCUT2D eigenvalue weighted by Crippen LogP contribution is 2.18. The van der Waals surface area contributed by atoms with E-state index in [1.165, 1.54) is 12.5 Å². The smallest absolute Gasteiger partial charge is 0.161 e. The maximum absolute atomic E-state index is 11.5. The van der Waals surface area contributed by atoms with Gasteiger partial charge in [-0.2, -0.15) is 0 Å². The Hall–Kier alpha value is -2.49. The number of nitrogens with one attached hydrogen (secondary N) is 1. The normalized spacial score (nSPS) is 10.2. The zero-order valence-corrected chi connectivity index (χ0v) is 12.3. The zero-order chi connectivity index (χ0) is 15.2. The molecule has 2 aromatic rings. The van der Waals surface area contributed by atoms with Gasteiger partial charge in [0.2, 0.25) is 0 Å². The minimum atomic E-state index is -0.0219. The average molecular weight is 284 g/mol. The predicted octanol–water partition coefficient (Wildman–Crippen LogP) is 3.13. The number of benzene rings is 2. The van der Waals surface area contributed by atoms with Gasteiger partial charge < -0.3 is 15.8 Å². The van der Waals surface area contributed by atoms with E-state index in [-0.39, 0.29) is 5.78 Å². The highest BCUT2D eigenvalue weighted by molar-refractivity contribution is 6.00. The summed E-state index contributed by atoms with van der Waals surface area (Å²) in [6.45, 7) is 2.31. The minimum absolute atomic E-state index is 0.0219. The van der Waals surface area contributed by atoms with Crippen molar-refractivity contribution in [1.29, 1.82) is 0 Å². The summed E-state index contributed by atoms with van der Waals surface area (Å²) in [5.74, 6) is 0.836. The maximum atomic E-state index is 11.5. The first-order valence-corrected chi connectivity index (χ1v) is 6.87. The summed E-state index contributed by atoms with van der Waals surface area (Å²) in [6, 6.07) is 13.4. The van der Waals surface area contributed by atoms with Gasteiger partial charge in [-0.05, 0) is 49.2 Å². The number of carbonyl (C=O) groups is 1. The Morgan fingerprint density at radius 1 is 1.19 bits per heavy atom. The summed E-state index contributed by atoms with van der Waals surface area (Å²) >= 11 is 0. The minimum Gasteiger partial charge on any atom is -0.497 e. The molecule has 0 heterocycles. The second kappa shape index (κ2) is 6.79. The third kappa shape index (κ3) is 3.99. The molecule has 4 nitrogen and oxygen atoms in total. The van der Waals surface area contributed by atoms with E-state index in [2.05, 4.69) is 5.32 Å². The third-order valence-corrected chi connectivity index (χ3v) is 3.33.